The fourth-order valence-corrected chi connectivity index (χ4v) is 0.965. The van der Waals surface area contributed by atoms with Gasteiger partial charge in [0.05, 0.1) is 0 Å². The van der Waals surface area contributed by atoms with E-state index in [0.29, 0.717) is 5.92 Å². The van der Waals surface area contributed by atoms with Crippen molar-refractivity contribution in [2.24, 2.45) is 10.9 Å². The van der Waals surface area contributed by atoms with Crippen LogP contribution in [0.3, 0.4) is 0 Å². The van der Waals surface area contributed by atoms with Crippen LogP contribution < -0.4 is 0 Å². The van der Waals surface area contributed by atoms with Crippen molar-refractivity contribution >= 4 is 6.21 Å². The fourth-order valence-electron chi connectivity index (χ4n) is 0.965. The Labute approximate surface area is 78.9 Å². The topological polar surface area (TPSA) is 32.6 Å². The normalized spacial score (nSPS) is 13.8. The molecule has 2 heteroatoms. The van der Waals surface area contributed by atoms with E-state index in [4.69, 9.17) is 0 Å². The van der Waals surface area contributed by atoms with Gasteiger partial charge in [-0.15, -0.1) is 0 Å². The van der Waals surface area contributed by atoms with E-state index in [1.807, 2.05) is 44.2 Å². The van der Waals surface area contributed by atoms with Gasteiger partial charge in [-0.25, -0.2) is 0 Å². The summed E-state index contributed by atoms with van der Waals surface area (Å²) in [7, 11) is 0. The first-order chi connectivity index (χ1) is 6.20. The summed E-state index contributed by atoms with van der Waals surface area (Å²) in [6.07, 6.45) is 1.04. The molecule has 0 fully saturated rings. The summed E-state index contributed by atoms with van der Waals surface area (Å²) >= 11 is 0. The number of rotatable bonds is 3. The first-order valence-corrected chi connectivity index (χ1v) is 4.46. The minimum absolute atomic E-state index is 0.373. The summed E-state index contributed by atoms with van der Waals surface area (Å²) in [6.45, 7) is 4.06. The van der Waals surface area contributed by atoms with Crippen LogP contribution in [0, 0.1) is 5.92 Å². The molecule has 0 bridgehead atoms. The molecule has 0 saturated carbocycles. The second kappa shape index (κ2) is 4.77. The molecule has 0 aliphatic heterocycles. The molecule has 1 aromatic rings. The van der Waals surface area contributed by atoms with Gasteiger partial charge in [0.15, 0.2) is 6.23 Å². The van der Waals surface area contributed by atoms with Gasteiger partial charge in [-0.05, 0) is 5.92 Å². The lowest BCUT2D eigenvalue weighted by molar-refractivity contribution is 0.189. The molecule has 1 rings (SSSR count). The molecule has 2 nitrogen and oxygen atoms in total. The van der Waals surface area contributed by atoms with Gasteiger partial charge in [0.2, 0.25) is 0 Å². The molecule has 1 N–H and O–H groups in total. The largest absolute Gasteiger partial charge is 0.368 e. The Balaban J connectivity index is 2.64. The molecular weight excluding hydrogens is 162 g/mol. The maximum Gasteiger partial charge on any atom is 0.170 e. The Morgan fingerprint density at radius 2 is 1.85 bits per heavy atom. The van der Waals surface area contributed by atoms with E-state index in [0.717, 1.165) is 5.56 Å². The number of hydrogen-bond donors (Lipinski definition) is 1. The zero-order valence-electron chi connectivity index (χ0n) is 8.01. The van der Waals surface area contributed by atoms with Crippen LogP contribution in [0.5, 0.6) is 0 Å². The molecule has 0 saturated heterocycles. The van der Waals surface area contributed by atoms with Crippen molar-refractivity contribution in [3.63, 3.8) is 0 Å². The number of aliphatic imine (C=N–C) groups is 1. The molecule has 0 aliphatic rings. The van der Waals surface area contributed by atoms with E-state index < -0.39 is 6.23 Å². The number of hydrogen-bond acceptors (Lipinski definition) is 2. The average molecular weight is 177 g/mol. The van der Waals surface area contributed by atoms with Crippen LogP contribution in [0.2, 0.25) is 0 Å². The van der Waals surface area contributed by atoms with Crippen molar-refractivity contribution in [1.29, 1.82) is 0 Å². The van der Waals surface area contributed by atoms with E-state index in [1.54, 1.807) is 6.21 Å². The van der Waals surface area contributed by atoms with Gasteiger partial charge in [0.25, 0.3) is 0 Å². The van der Waals surface area contributed by atoms with Gasteiger partial charge in [-0.1, -0.05) is 44.2 Å². The molecular formula is C11H15NO. The highest BCUT2D eigenvalue weighted by molar-refractivity contribution is 5.59. The summed E-state index contributed by atoms with van der Waals surface area (Å²) in [4.78, 5) is 4.02. The number of nitrogens with zero attached hydrogens (tertiary/aromatic N) is 1. The maximum atomic E-state index is 9.57. The highest BCUT2D eigenvalue weighted by Gasteiger charge is 2.01. The predicted molar refractivity (Wildman–Crippen MR) is 54.7 cm³/mol. The molecule has 0 amide bonds. The summed E-state index contributed by atoms with van der Waals surface area (Å²) in [5, 5.41) is 9.57. The van der Waals surface area contributed by atoms with E-state index in [-0.39, 0.29) is 0 Å². The summed E-state index contributed by atoms with van der Waals surface area (Å²) in [6, 6.07) is 9.43. The van der Waals surface area contributed by atoms with E-state index in [9.17, 15) is 5.11 Å². The van der Waals surface area contributed by atoms with E-state index in [2.05, 4.69) is 4.99 Å². The molecule has 1 aromatic carbocycles. The smallest absolute Gasteiger partial charge is 0.170 e. The number of aliphatic hydroxyl groups excluding tert-OH is 1. The average Bonchev–Trinajstić information content (AvgIpc) is 2.15. The SMILES string of the molecule is CC(C)/C=N/C(O)c1ccccc1. The molecule has 0 radical (unpaired) electrons. The van der Waals surface area contributed by atoms with Crippen LogP contribution in [0.25, 0.3) is 0 Å². The summed E-state index contributed by atoms with van der Waals surface area (Å²) in [5.74, 6) is 0.373. The van der Waals surface area contributed by atoms with Crippen LogP contribution in [0.4, 0.5) is 0 Å². The van der Waals surface area contributed by atoms with Gasteiger partial charge in [0, 0.05) is 11.8 Å². The summed E-state index contributed by atoms with van der Waals surface area (Å²) in [5.41, 5.74) is 0.833. The number of aliphatic hydroxyl groups is 1. The van der Waals surface area contributed by atoms with E-state index >= 15 is 0 Å². The zero-order chi connectivity index (χ0) is 9.68. The third-order valence-corrected chi connectivity index (χ3v) is 1.62. The molecule has 0 spiro atoms. The lowest BCUT2D eigenvalue weighted by Crippen LogP contribution is -1.96. The van der Waals surface area contributed by atoms with Gasteiger partial charge in [-0.2, -0.15) is 0 Å². The number of benzene rings is 1. The Kier molecular flexibility index (Phi) is 3.65. The third-order valence-electron chi connectivity index (χ3n) is 1.62. The lowest BCUT2D eigenvalue weighted by atomic mass is 10.2. The highest BCUT2D eigenvalue weighted by atomic mass is 16.3. The van der Waals surface area contributed by atoms with Crippen molar-refractivity contribution in [3.05, 3.63) is 35.9 Å². The van der Waals surface area contributed by atoms with Crippen LogP contribution in [0.15, 0.2) is 35.3 Å². The molecule has 0 aromatic heterocycles. The third kappa shape index (κ3) is 3.38. The molecule has 0 aliphatic carbocycles. The molecule has 13 heavy (non-hydrogen) atoms. The predicted octanol–water partition coefficient (Wildman–Crippen LogP) is 2.40. The fraction of sp³-hybridized carbons (Fsp3) is 0.364. The van der Waals surface area contributed by atoms with Crippen LogP contribution in [-0.2, 0) is 0 Å². The van der Waals surface area contributed by atoms with Gasteiger partial charge in [0.1, 0.15) is 0 Å². The van der Waals surface area contributed by atoms with Gasteiger partial charge < -0.3 is 5.11 Å². The first kappa shape index (κ1) is 9.93. The Morgan fingerprint density at radius 3 is 2.38 bits per heavy atom. The summed E-state index contributed by atoms with van der Waals surface area (Å²) < 4.78 is 0. The standard InChI is InChI=1S/C11H15NO/c1-9(2)8-12-11(13)10-6-4-3-5-7-10/h3-9,11,13H,1-2H3/b12-8+. The monoisotopic (exact) mass is 177 g/mol. The van der Waals surface area contributed by atoms with Crippen LogP contribution in [-0.4, -0.2) is 11.3 Å². The lowest BCUT2D eigenvalue weighted by Gasteiger charge is -2.05. The maximum absolute atomic E-state index is 9.57. The van der Waals surface area contributed by atoms with E-state index in [1.165, 1.54) is 0 Å². The Hall–Kier alpha value is -1.15. The van der Waals surface area contributed by atoms with Crippen molar-refractivity contribution in [3.8, 4) is 0 Å². The molecule has 0 heterocycles. The second-order valence-electron chi connectivity index (χ2n) is 3.33. The minimum Gasteiger partial charge on any atom is -0.368 e. The Bertz CT molecular complexity index is 267. The Morgan fingerprint density at radius 1 is 1.23 bits per heavy atom. The van der Waals surface area contributed by atoms with Crippen molar-refractivity contribution in [2.75, 3.05) is 0 Å². The second-order valence-corrected chi connectivity index (χ2v) is 3.33. The molecule has 70 valence electrons. The van der Waals surface area contributed by atoms with Crippen LogP contribution >= 0.6 is 0 Å². The highest BCUT2D eigenvalue weighted by Crippen LogP contribution is 2.12. The minimum atomic E-state index is -0.719. The molecule has 1 unspecified atom stereocenters. The van der Waals surface area contributed by atoms with Gasteiger partial charge >= 0.3 is 0 Å². The zero-order valence-corrected chi connectivity index (χ0v) is 8.01. The van der Waals surface area contributed by atoms with Crippen LogP contribution in [0.1, 0.15) is 25.6 Å². The van der Waals surface area contributed by atoms with Gasteiger partial charge in [-0.3, -0.25) is 4.99 Å². The van der Waals surface area contributed by atoms with Crippen molar-refractivity contribution in [1.82, 2.24) is 0 Å². The first-order valence-electron chi connectivity index (χ1n) is 4.46. The van der Waals surface area contributed by atoms with Crippen molar-refractivity contribution < 1.29 is 5.11 Å². The quantitative estimate of drug-likeness (QED) is 0.706. The molecule has 1 atom stereocenters. The van der Waals surface area contributed by atoms with Crippen molar-refractivity contribution in [2.45, 2.75) is 20.1 Å².